The van der Waals surface area contributed by atoms with Crippen LogP contribution in [0.3, 0.4) is 0 Å². The molecule has 1 saturated carbocycles. The van der Waals surface area contributed by atoms with Gasteiger partial charge in [0.2, 0.25) is 0 Å². The van der Waals surface area contributed by atoms with Crippen LogP contribution >= 0.6 is 0 Å². The second kappa shape index (κ2) is 7.59. The van der Waals surface area contributed by atoms with Gasteiger partial charge in [-0.25, -0.2) is 9.97 Å². The molecule has 21 heavy (non-hydrogen) atoms. The summed E-state index contributed by atoms with van der Waals surface area (Å²) in [4.78, 5) is 9.24. The molecule has 1 heterocycles. The predicted molar refractivity (Wildman–Crippen MR) is 87.0 cm³/mol. The normalized spacial score (nSPS) is 21.8. The largest absolute Gasteiger partial charge is 0.381 e. The van der Waals surface area contributed by atoms with Gasteiger partial charge in [-0.3, -0.25) is 0 Å². The Kier molecular flexibility index (Phi) is 5.79. The van der Waals surface area contributed by atoms with E-state index < -0.39 is 0 Å². The second-order valence-corrected chi connectivity index (χ2v) is 6.09. The number of hydrogen-bond donors (Lipinski definition) is 2. The lowest BCUT2D eigenvalue weighted by Gasteiger charge is -2.16. The Balaban J connectivity index is 2.08. The Hall–Kier alpha value is -1.36. The summed E-state index contributed by atoms with van der Waals surface area (Å²) in [6.07, 6.45) is 4.78. The number of aromatic nitrogens is 2. The van der Waals surface area contributed by atoms with Crippen molar-refractivity contribution in [2.45, 2.75) is 64.5 Å². The number of nitrogens with one attached hydrogen (secondary N) is 2. The molecule has 1 fully saturated rings. The van der Waals surface area contributed by atoms with Crippen LogP contribution in [0.2, 0.25) is 0 Å². The summed E-state index contributed by atoms with van der Waals surface area (Å²) in [5, 5.41) is 6.91. The molecule has 1 aromatic heterocycles. The fourth-order valence-corrected chi connectivity index (χ4v) is 2.64. The number of ether oxygens (including phenoxy) is 1. The average molecular weight is 292 g/mol. The minimum absolute atomic E-state index is 0.323. The minimum atomic E-state index is 0.323. The zero-order valence-electron chi connectivity index (χ0n) is 13.6. The third kappa shape index (κ3) is 4.56. The zero-order chi connectivity index (χ0) is 15.2. The van der Waals surface area contributed by atoms with Gasteiger partial charge in [0.25, 0.3) is 0 Å². The van der Waals surface area contributed by atoms with E-state index >= 15 is 0 Å². The molecule has 2 unspecified atom stereocenters. The highest BCUT2D eigenvalue weighted by Crippen LogP contribution is 2.25. The van der Waals surface area contributed by atoms with Gasteiger partial charge in [-0.05, 0) is 25.7 Å². The lowest BCUT2D eigenvalue weighted by molar-refractivity contribution is 0.108. The first kappa shape index (κ1) is 16.0. The Morgan fingerprint density at radius 2 is 2.05 bits per heavy atom. The molecule has 0 radical (unpaired) electrons. The first-order valence-corrected chi connectivity index (χ1v) is 8.04. The molecule has 0 spiro atoms. The van der Waals surface area contributed by atoms with Crippen molar-refractivity contribution in [2.24, 2.45) is 0 Å². The molecule has 5 nitrogen and oxygen atoms in total. The molecule has 0 aromatic carbocycles. The molecule has 118 valence electrons. The van der Waals surface area contributed by atoms with E-state index in [1.165, 1.54) is 0 Å². The van der Waals surface area contributed by atoms with Crippen molar-refractivity contribution in [3.05, 3.63) is 11.9 Å². The van der Waals surface area contributed by atoms with Crippen molar-refractivity contribution in [2.75, 3.05) is 24.3 Å². The molecule has 1 aromatic rings. The van der Waals surface area contributed by atoms with Crippen LogP contribution in [-0.2, 0) is 4.74 Å². The third-order valence-corrected chi connectivity index (χ3v) is 3.89. The number of nitrogens with zero attached hydrogens (tertiary/aromatic N) is 2. The van der Waals surface area contributed by atoms with Crippen LogP contribution in [0.1, 0.15) is 58.2 Å². The summed E-state index contributed by atoms with van der Waals surface area (Å²) in [6, 6.07) is 2.46. The van der Waals surface area contributed by atoms with E-state index in [0.717, 1.165) is 49.7 Å². The monoisotopic (exact) mass is 292 g/mol. The van der Waals surface area contributed by atoms with E-state index in [4.69, 9.17) is 4.74 Å². The molecule has 0 aliphatic heterocycles. The maximum Gasteiger partial charge on any atom is 0.135 e. The van der Waals surface area contributed by atoms with Crippen molar-refractivity contribution < 1.29 is 4.74 Å². The summed E-state index contributed by atoms with van der Waals surface area (Å²) < 4.78 is 5.43. The Morgan fingerprint density at radius 1 is 1.29 bits per heavy atom. The number of anilines is 2. The molecule has 2 N–H and O–H groups in total. The SMILES string of the molecule is CCCNc1cc(NC2CCC(OC)C2)nc(C(C)C)n1. The van der Waals surface area contributed by atoms with Crippen molar-refractivity contribution in [3.8, 4) is 0 Å². The highest BCUT2D eigenvalue weighted by Gasteiger charge is 2.24. The fraction of sp³-hybridized carbons (Fsp3) is 0.750. The molecule has 0 saturated heterocycles. The van der Waals surface area contributed by atoms with Crippen molar-refractivity contribution in [1.29, 1.82) is 0 Å². The predicted octanol–water partition coefficient (Wildman–Crippen LogP) is 3.40. The Labute approximate surface area is 127 Å². The quantitative estimate of drug-likeness (QED) is 0.806. The highest BCUT2D eigenvalue weighted by molar-refractivity contribution is 5.48. The first-order valence-electron chi connectivity index (χ1n) is 8.04. The van der Waals surface area contributed by atoms with Gasteiger partial charge in [-0.15, -0.1) is 0 Å². The maximum atomic E-state index is 5.43. The van der Waals surface area contributed by atoms with Gasteiger partial charge >= 0.3 is 0 Å². The fourth-order valence-electron chi connectivity index (χ4n) is 2.64. The molecular formula is C16H28N4O. The molecule has 0 amide bonds. The van der Waals surface area contributed by atoms with Crippen molar-refractivity contribution in [3.63, 3.8) is 0 Å². The van der Waals surface area contributed by atoms with Gasteiger partial charge in [0.05, 0.1) is 6.10 Å². The van der Waals surface area contributed by atoms with E-state index in [2.05, 4.69) is 41.4 Å². The number of methoxy groups -OCH3 is 1. The van der Waals surface area contributed by atoms with Gasteiger partial charge in [-0.1, -0.05) is 20.8 Å². The molecule has 0 bridgehead atoms. The van der Waals surface area contributed by atoms with Crippen molar-refractivity contribution >= 4 is 11.6 Å². The standard InChI is InChI=1S/C16H28N4O/c1-5-8-17-14-10-15(20-16(19-14)11(2)3)18-12-6-7-13(9-12)21-4/h10-13H,5-9H2,1-4H3,(H2,17,18,19,20). The maximum absolute atomic E-state index is 5.43. The lowest BCUT2D eigenvalue weighted by Crippen LogP contribution is -2.19. The molecule has 2 rings (SSSR count). The molecule has 1 aliphatic carbocycles. The van der Waals surface area contributed by atoms with E-state index in [-0.39, 0.29) is 0 Å². The zero-order valence-corrected chi connectivity index (χ0v) is 13.6. The van der Waals surface area contributed by atoms with E-state index in [1.54, 1.807) is 7.11 Å². The van der Waals surface area contributed by atoms with Gasteiger partial charge in [0.1, 0.15) is 17.5 Å². The molecule has 5 heteroatoms. The van der Waals surface area contributed by atoms with Crippen LogP contribution < -0.4 is 10.6 Å². The van der Waals surface area contributed by atoms with Gasteiger partial charge in [0, 0.05) is 31.7 Å². The summed E-state index contributed by atoms with van der Waals surface area (Å²) in [5.74, 6) is 3.05. The number of rotatable bonds is 7. The van der Waals surface area contributed by atoms with Gasteiger partial charge in [0.15, 0.2) is 0 Å². The first-order chi connectivity index (χ1) is 10.1. The van der Waals surface area contributed by atoms with E-state index in [0.29, 0.717) is 18.1 Å². The van der Waals surface area contributed by atoms with Crippen LogP contribution in [-0.4, -0.2) is 35.8 Å². The highest BCUT2D eigenvalue weighted by atomic mass is 16.5. The molecule has 2 atom stereocenters. The number of hydrogen-bond acceptors (Lipinski definition) is 5. The van der Waals surface area contributed by atoms with Gasteiger partial charge < -0.3 is 15.4 Å². The van der Waals surface area contributed by atoms with Crippen LogP contribution in [0.4, 0.5) is 11.6 Å². The third-order valence-electron chi connectivity index (χ3n) is 3.89. The smallest absolute Gasteiger partial charge is 0.135 e. The van der Waals surface area contributed by atoms with Crippen molar-refractivity contribution in [1.82, 2.24) is 9.97 Å². The Bertz CT molecular complexity index is 450. The van der Waals surface area contributed by atoms with Crippen LogP contribution in [0.15, 0.2) is 6.07 Å². The van der Waals surface area contributed by atoms with Gasteiger partial charge in [-0.2, -0.15) is 0 Å². The summed E-state index contributed by atoms with van der Waals surface area (Å²) in [6.45, 7) is 7.34. The second-order valence-electron chi connectivity index (χ2n) is 6.09. The molecular weight excluding hydrogens is 264 g/mol. The average Bonchev–Trinajstić information content (AvgIpc) is 2.92. The van der Waals surface area contributed by atoms with E-state index in [9.17, 15) is 0 Å². The summed E-state index contributed by atoms with van der Waals surface area (Å²) >= 11 is 0. The molecule has 1 aliphatic rings. The minimum Gasteiger partial charge on any atom is -0.381 e. The van der Waals surface area contributed by atoms with Crippen LogP contribution in [0.25, 0.3) is 0 Å². The summed E-state index contributed by atoms with van der Waals surface area (Å²) in [5.41, 5.74) is 0. The lowest BCUT2D eigenvalue weighted by atomic mass is 10.2. The summed E-state index contributed by atoms with van der Waals surface area (Å²) in [7, 11) is 1.79. The van der Waals surface area contributed by atoms with Crippen LogP contribution in [0.5, 0.6) is 0 Å². The topological polar surface area (TPSA) is 59.1 Å². The Morgan fingerprint density at radius 3 is 2.67 bits per heavy atom. The van der Waals surface area contributed by atoms with E-state index in [1.807, 2.05) is 6.07 Å². The van der Waals surface area contributed by atoms with Crippen LogP contribution in [0, 0.1) is 0 Å².